The summed E-state index contributed by atoms with van der Waals surface area (Å²) in [5.41, 5.74) is 3.04. The molecule has 2 aromatic heterocycles. The number of carbonyl (C=O) groups is 1. The summed E-state index contributed by atoms with van der Waals surface area (Å²) >= 11 is 0. The second-order valence-electron chi connectivity index (χ2n) is 7.89. The lowest BCUT2D eigenvalue weighted by Crippen LogP contribution is -2.22. The highest BCUT2D eigenvalue weighted by atomic mass is 16.6. The van der Waals surface area contributed by atoms with E-state index in [0.717, 1.165) is 16.9 Å². The van der Waals surface area contributed by atoms with E-state index in [1.807, 2.05) is 36.4 Å². The number of hydrogen-bond acceptors (Lipinski definition) is 9. The van der Waals surface area contributed by atoms with E-state index < -0.39 is 4.92 Å². The molecule has 2 heterocycles. The summed E-state index contributed by atoms with van der Waals surface area (Å²) in [6.07, 6.45) is 2.86. The van der Waals surface area contributed by atoms with E-state index in [0.29, 0.717) is 42.7 Å². The monoisotopic (exact) mass is 499 g/mol. The summed E-state index contributed by atoms with van der Waals surface area (Å²) in [7, 11) is 1.61. The normalized spacial score (nSPS) is 10.4. The zero-order chi connectivity index (χ0) is 26.0. The Hall–Kier alpha value is -5.06. The minimum atomic E-state index is -0.491. The number of carbonyl (C=O) groups excluding carboxylic acids is 1. The molecule has 0 aliphatic rings. The molecule has 0 radical (unpaired) electrons. The van der Waals surface area contributed by atoms with Crippen LogP contribution in [0.5, 0.6) is 5.75 Å². The van der Waals surface area contributed by atoms with E-state index in [2.05, 4.69) is 30.9 Å². The Balaban J connectivity index is 1.27. The Morgan fingerprint density at radius 2 is 1.70 bits per heavy atom. The van der Waals surface area contributed by atoms with Crippen LogP contribution in [0.4, 0.5) is 17.5 Å². The minimum Gasteiger partial charge on any atom is -0.497 e. The van der Waals surface area contributed by atoms with Gasteiger partial charge in [-0.2, -0.15) is 0 Å². The van der Waals surface area contributed by atoms with Gasteiger partial charge >= 0.3 is 0 Å². The Labute approximate surface area is 213 Å². The van der Waals surface area contributed by atoms with Crippen molar-refractivity contribution in [3.63, 3.8) is 0 Å². The SMILES string of the molecule is COc1ccc(CNC(=O)c2ccc(-c3ccnc(NCCNc4ccc([N+](=O)[O-])cn4)n3)cc2)cc1. The molecule has 0 spiro atoms. The van der Waals surface area contributed by atoms with Crippen molar-refractivity contribution >= 4 is 23.4 Å². The second-order valence-corrected chi connectivity index (χ2v) is 7.89. The molecule has 0 saturated carbocycles. The first-order valence-electron chi connectivity index (χ1n) is 11.4. The number of methoxy groups -OCH3 is 1. The second kappa shape index (κ2) is 12.1. The maximum atomic E-state index is 12.5. The maximum Gasteiger partial charge on any atom is 0.287 e. The molecule has 0 saturated heterocycles. The number of hydrogen-bond donors (Lipinski definition) is 3. The Kier molecular flexibility index (Phi) is 8.17. The van der Waals surface area contributed by atoms with E-state index in [1.54, 1.807) is 37.6 Å². The molecule has 11 nitrogen and oxygen atoms in total. The molecule has 4 aromatic rings. The van der Waals surface area contributed by atoms with Crippen molar-refractivity contribution in [3.05, 3.63) is 100 Å². The third-order valence-corrected chi connectivity index (χ3v) is 5.38. The molecule has 1 amide bonds. The molecule has 0 aliphatic heterocycles. The van der Waals surface area contributed by atoms with E-state index in [9.17, 15) is 14.9 Å². The summed E-state index contributed by atoms with van der Waals surface area (Å²) in [6, 6.07) is 19.5. The van der Waals surface area contributed by atoms with Crippen LogP contribution in [0.2, 0.25) is 0 Å². The molecule has 188 valence electrons. The molecular formula is C26H25N7O4. The van der Waals surface area contributed by atoms with Crippen molar-refractivity contribution in [2.45, 2.75) is 6.54 Å². The van der Waals surface area contributed by atoms with Crippen LogP contribution in [-0.2, 0) is 6.54 Å². The lowest BCUT2D eigenvalue weighted by Gasteiger charge is -2.09. The molecule has 0 fully saturated rings. The lowest BCUT2D eigenvalue weighted by atomic mass is 10.1. The van der Waals surface area contributed by atoms with Crippen molar-refractivity contribution in [2.75, 3.05) is 30.8 Å². The van der Waals surface area contributed by atoms with Crippen molar-refractivity contribution < 1.29 is 14.5 Å². The summed E-state index contributed by atoms with van der Waals surface area (Å²) in [6.45, 7) is 1.44. The number of aromatic nitrogens is 3. The van der Waals surface area contributed by atoms with Gasteiger partial charge in [-0.3, -0.25) is 14.9 Å². The number of amides is 1. The van der Waals surface area contributed by atoms with Gasteiger partial charge < -0.3 is 20.7 Å². The number of anilines is 2. The van der Waals surface area contributed by atoms with Gasteiger partial charge in [-0.1, -0.05) is 24.3 Å². The molecule has 0 unspecified atom stereocenters. The van der Waals surface area contributed by atoms with Crippen molar-refractivity contribution in [3.8, 4) is 17.0 Å². The average Bonchev–Trinajstić information content (AvgIpc) is 2.95. The van der Waals surface area contributed by atoms with E-state index in [4.69, 9.17) is 4.74 Å². The largest absolute Gasteiger partial charge is 0.497 e. The third-order valence-electron chi connectivity index (χ3n) is 5.38. The van der Waals surface area contributed by atoms with Gasteiger partial charge in [-0.05, 0) is 42.0 Å². The van der Waals surface area contributed by atoms with Gasteiger partial charge in [0.05, 0.1) is 17.7 Å². The van der Waals surface area contributed by atoms with E-state index in [-0.39, 0.29) is 11.6 Å². The fourth-order valence-electron chi connectivity index (χ4n) is 3.39. The summed E-state index contributed by atoms with van der Waals surface area (Å²) in [5, 5.41) is 19.8. The number of rotatable bonds is 11. The predicted molar refractivity (Wildman–Crippen MR) is 140 cm³/mol. The first-order chi connectivity index (χ1) is 18.0. The van der Waals surface area contributed by atoms with Crippen molar-refractivity contribution in [1.29, 1.82) is 0 Å². The standard InChI is InChI=1S/C26H25N7O4/c1-37-22-9-2-18(3-10-22)16-31-25(34)20-6-4-19(5-7-20)23-12-13-28-26(32-23)29-15-14-27-24-11-8-21(17-30-24)33(35)36/h2-13,17H,14-16H2,1H3,(H,27,30)(H,31,34)(H,28,29,32). The van der Waals surface area contributed by atoms with Gasteiger partial charge in [0.25, 0.3) is 11.6 Å². The molecular weight excluding hydrogens is 474 g/mol. The van der Waals surface area contributed by atoms with Crippen LogP contribution in [0.3, 0.4) is 0 Å². The molecule has 3 N–H and O–H groups in total. The third kappa shape index (κ3) is 6.98. The van der Waals surface area contributed by atoms with Gasteiger partial charge in [0.1, 0.15) is 17.8 Å². The number of ether oxygens (including phenoxy) is 1. The van der Waals surface area contributed by atoms with Crippen molar-refractivity contribution in [1.82, 2.24) is 20.3 Å². The fraction of sp³-hybridized carbons (Fsp3) is 0.154. The van der Waals surface area contributed by atoms with Gasteiger partial charge in [-0.25, -0.2) is 15.0 Å². The van der Waals surface area contributed by atoms with Crippen LogP contribution < -0.4 is 20.7 Å². The summed E-state index contributed by atoms with van der Waals surface area (Å²) in [4.78, 5) is 35.5. The highest BCUT2D eigenvalue weighted by molar-refractivity contribution is 5.94. The highest BCUT2D eigenvalue weighted by Gasteiger charge is 2.08. The Bertz CT molecular complexity index is 1340. The molecule has 0 bridgehead atoms. The Morgan fingerprint density at radius 1 is 0.946 bits per heavy atom. The number of nitro groups is 1. The maximum absolute atomic E-state index is 12.5. The molecule has 4 rings (SSSR count). The number of nitrogens with one attached hydrogen (secondary N) is 3. The first kappa shape index (κ1) is 25.0. The fourth-order valence-corrected chi connectivity index (χ4v) is 3.39. The smallest absolute Gasteiger partial charge is 0.287 e. The molecule has 11 heteroatoms. The van der Waals surface area contributed by atoms with Crippen LogP contribution in [-0.4, -0.2) is 46.0 Å². The molecule has 37 heavy (non-hydrogen) atoms. The minimum absolute atomic E-state index is 0.0592. The molecule has 0 atom stereocenters. The summed E-state index contributed by atoms with van der Waals surface area (Å²) in [5.74, 6) is 1.60. The van der Waals surface area contributed by atoms with Crippen LogP contribution in [0.1, 0.15) is 15.9 Å². The Morgan fingerprint density at radius 3 is 2.38 bits per heavy atom. The number of pyridine rings is 1. The van der Waals surface area contributed by atoms with Gasteiger partial charge in [0.2, 0.25) is 5.95 Å². The molecule has 2 aromatic carbocycles. The first-order valence-corrected chi connectivity index (χ1v) is 11.4. The predicted octanol–water partition coefficient (Wildman–Crippen LogP) is 3.91. The highest BCUT2D eigenvalue weighted by Crippen LogP contribution is 2.19. The molecule has 0 aliphatic carbocycles. The van der Waals surface area contributed by atoms with Gasteiger partial charge in [0.15, 0.2) is 0 Å². The quantitative estimate of drug-likeness (QED) is 0.159. The topological polar surface area (TPSA) is 144 Å². The van der Waals surface area contributed by atoms with Crippen LogP contribution in [0.15, 0.2) is 79.1 Å². The average molecular weight is 500 g/mol. The van der Waals surface area contributed by atoms with Gasteiger partial charge in [-0.15, -0.1) is 0 Å². The zero-order valence-corrected chi connectivity index (χ0v) is 20.0. The van der Waals surface area contributed by atoms with Gasteiger partial charge in [0, 0.05) is 43.0 Å². The van der Waals surface area contributed by atoms with Crippen LogP contribution in [0, 0.1) is 10.1 Å². The summed E-state index contributed by atoms with van der Waals surface area (Å²) < 4.78 is 5.15. The van der Waals surface area contributed by atoms with Crippen LogP contribution >= 0.6 is 0 Å². The lowest BCUT2D eigenvalue weighted by molar-refractivity contribution is -0.385. The number of benzene rings is 2. The van der Waals surface area contributed by atoms with Crippen molar-refractivity contribution in [2.24, 2.45) is 0 Å². The van der Waals surface area contributed by atoms with E-state index >= 15 is 0 Å². The van der Waals surface area contributed by atoms with E-state index in [1.165, 1.54) is 12.3 Å². The van der Waals surface area contributed by atoms with Crippen LogP contribution in [0.25, 0.3) is 11.3 Å². The number of nitrogens with zero attached hydrogens (tertiary/aromatic N) is 4. The zero-order valence-electron chi connectivity index (χ0n) is 20.0.